The number of hydrogen-bond donors (Lipinski definition) is 0. The summed E-state index contributed by atoms with van der Waals surface area (Å²) < 4.78 is 0. The van der Waals surface area contributed by atoms with Gasteiger partial charge in [-0.3, -0.25) is 24.6 Å². The average molecular weight is 425 g/mol. The predicted octanol–water partition coefficient (Wildman–Crippen LogP) is 5.41. The standard InChI is InChI=1S/C23H21ClN2O4/c1-23(2)12-19-22(20(27)13-23)17(16-5-3-4-6-18(16)24)11-21(28)25(19)14-7-9-15(10-8-14)26(29)30/h3-10,17H,11-13H2,1-2H3. The molecular weight excluding hydrogens is 404 g/mol. The second-order valence-electron chi connectivity index (χ2n) is 8.58. The van der Waals surface area contributed by atoms with Gasteiger partial charge in [-0.1, -0.05) is 43.6 Å². The number of hydrogen-bond acceptors (Lipinski definition) is 4. The molecule has 0 spiro atoms. The van der Waals surface area contributed by atoms with Crippen LogP contribution in [0.3, 0.4) is 0 Å². The van der Waals surface area contributed by atoms with Crippen LogP contribution in [-0.2, 0) is 9.59 Å². The molecule has 1 aliphatic heterocycles. The van der Waals surface area contributed by atoms with E-state index in [2.05, 4.69) is 0 Å². The minimum Gasteiger partial charge on any atom is -0.294 e. The van der Waals surface area contributed by atoms with Crippen molar-refractivity contribution in [2.45, 2.75) is 39.0 Å². The first-order valence-electron chi connectivity index (χ1n) is 9.76. The number of allylic oxidation sites excluding steroid dienone is 2. The van der Waals surface area contributed by atoms with Gasteiger partial charge in [0.1, 0.15) is 0 Å². The number of ketones is 1. The molecule has 4 rings (SSSR count). The Morgan fingerprint density at radius 2 is 1.73 bits per heavy atom. The van der Waals surface area contributed by atoms with Gasteiger partial charge in [0.05, 0.1) is 4.92 Å². The van der Waals surface area contributed by atoms with Gasteiger partial charge in [-0.15, -0.1) is 0 Å². The Bertz CT molecular complexity index is 1090. The van der Waals surface area contributed by atoms with Crippen LogP contribution in [0.4, 0.5) is 11.4 Å². The molecule has 2 aliphatic rings. The first kappa shape index (κ1) is 20.3. The summed E-state index contributed by atoms with van der Waals surface area (Å²) in [7, 11) is 0. The second kappa shape index (κ2) is 7.36. The van der Waals surface area contributed by atoms with Crippen LogP contribution in [0.15, 0.2) is 59.8 Å². The Morgan fingerprint density at radius 1 is 1.07 bits per heavy atom. The molecule has 1 unspecified atom stereocenters. The van der Waals surface area contributed by atoms with Crippen molar-refractivity contribution in [3.05, 3.63) is 80.5 Å². The van der Waals surface area contributed by atoms with E-state index in [-0.39, 0.29) is 35.1 Å². The highest BCUT2D eigenvalue weighted by Gasteiger charge is 2.44. The second-order valence-corrected chi connectivity index (χ2v) is 8.99. The van der Waals surface area contributed by atoms with Crippen LogP contribution in [0.1, 0.15) is 44.6 Å². The molecule has 0 fully saturated rings. The maximum absolute atomic E-state index is 13.3. The number of non-ortho nitro benzene ring substituents is 1. The number of nitro benzene ring substituents is 1. The summed E-state index contributed by atoms with van der Waals surface area (Å²) in [5.74, 6) is -0.525. The Balaban J connectivity index is 1.88. The van der Waals surface area contributed by atoms with Crippen molar-refractivity contribution < 1.29 is 14.5 Å². The molecule has 30 heavy (non-hydrogen) atoms. The first-order chi connectivity index (χ1) is 14.2. The van der Waals surface area contributed by atoms with Crippen LogP contribution in [-0.4, -0.2) is 16.6 Å². The zero-order chi connectivity index (χ0) is 21.6. The molecule has 6 nitrogen and oxygen atoms in total. The highest BCUT2D eigenvalue weighted by molar-refractivity contribution is 6.31. The molecule has 1 atom stereocenters. The Morgan fingerprint density at radius 3 is 2.37 bits per heavy atom. The monoisotopic (exact) mass is 424 g/mol. The van der Waals surface area contributed by atoms with Gasteiger partial charge in [-0.05, 0) is 35.6 Å². The van der Waals surface area contributed by atoms with Crippen molar-refractivity contribution in [3.63, 3.8) is 0 Å². The van der Waals surface area contributed by atoms with Gasteiger partial charge in [-0.25, -0.2) is 0 Å². The molecule has 0 saturated heterocycles. The lowest BCUT2D eigenvalue weighted by Gasteiger charge is -2.43. The van der Waals surface area contributed by atoms with E-state index in [1.54, 1.807) is 23.1 Å². The average Bonchev–Trinajstić information content (AvgIpc) is 2.67. The summed E-state index contributed by atoms with van der Waals surface area (Å²) in [5.41, 5.74) is 2.26. The van der Waals surface area contributed by atoms with Crippen LogP contribution < -0.4 is 4.90 Å². The number of Topliss-reactive ketones (excluding diaryl/α,β-unsaturated/α-hetero) is 1. The fourth-order valence-corrected chi connectivity index (χ4v) is 4.73. The van der Waals surface area contributed by atoms with Crippen molar-refractivity contribution in [3.8, 4) is 0 Å². The van der Waals surface area contributed by atoms with E-state index in [1.165, 1.54) is 12.1 Å². The summed E-state index contributed by atoms with van der Waals surface area (Å²) in [5, 5.41) is 11.5. The summed E-state index contributed by atoms with van der Waals surface area (Å²) in [6, 6.07) is 13.2. The smallest absolute Gasteiger partial charge is 0.269 e. The quantitative estimate of drug-likeness (QED) is 0.487. The van der Waals surface area contributed by atoms with E-state index in [4.69, 9.17) is 11.6 Å². The molecule has 1 amide bonds. The van der Waals surface area contributed by atoms with E-state index >= 15 is 0 Å². The number of amides is 1. The SMILES string of the molecule is CC1(C)CC(=O)C2=C(C1)N(c1ccc([N+](=O)[O-])cc1)C(=O)CC2c1ccccc1Cl. The number of nitro groups is 1. The number of halogens is 1. The number of carbonyl (C=O) groups is 2. The highest BCUT2D eigenvalue weighted by Crippen LogP contribution is 2.49. The van der Waals surface area contributed by atoms with Crippen LogP contribution in [0.25, 0.3) is 0 Å². The van der Waals surface area contributed by atoms with E-state index in [1.807, 2.05) is 32.0 Å². The molecule has 0 radical (unpaired) electrons. The first-order valence-corrected chi connectivity index (χ1v) is 10.1. The Kier molecular flexibility index (Phi) is 4.98. The lowest BCUT2D eigenvalue weighted by atomic mass is 9.69. The Hall–Kier alpha value is -2.99. The van der Waals surface area contributed by atoms with Crippen molar-refractivity contribution in [2.75, 3.05) is 4.90 Å². The van der Waals surface area contributed by atoms with Gasteiger partial charge in [-0.2, -0.15) is 0 Å². The Labute approximate surface area is 179 Å². The third kappa shape index (κ3) is 3.52. The van der Waals surface area contributed by atoms with Gasteiger partial charge in [0.15, 0.2) is 5.78 Å². The molecule has 7 heteroatoms. The molecule has 2 aromatic rings. The minimum absolute atomic E-state index is 0.0191. The number of benzene rings is 2. The lowest BCUT2D eigenvalue weighted by Crippen LogP contribution is -2.43. The number of nitrogens with zero attached hydrogens (tertiary/aromatic N) is 2. The number of anilines is 1. The number of carbonyl (C=O) groups excluding carboxylic acids is 2. The molecule has 154 valence electrons. The zero-order valence-corrected chi connectivity index (χ0v) is 17.5. The van der Waals surface area contributed by atoms with Crippen molar-refractivity contribution in [2.24, 2.45) is 5.41 Å². The van der Waals surface area contributed by atoms with E-state index in [0.717, 1.165) is 5.56 Å². The fraction of sp³-hybridized carbons (Fsp3) is 0.304. The van der Waals surface area contributed by atoms with Gasteiger partial charge >= 0.3 is 0 Å². The molecule has 2 aromatic carbocycles. The highest BCUT2D eigenvalue weighted by atomic mass is 35.5. The van der Waals surface area contributed by atoms with Gasteiger partial charge in [0, 0.05) is 52.9 Å². The summed E-state index contributed by atoms with van der Waals surface area (Å²) >= 11 is 6.42. The molecule has 0 N–H and O–H groups in total. The topological polar surface area (TPSA) is 80.5 Å². The fourth-order valence-electron chi connectivity index (χ4n) is 4.46. The van der Waals surface area contributed by atoms with E-state index in [0.29, 0.717) is 34.8 Å². The van der Waals surface area contributed by atoms with Crippen molar-refractivity contribution >= 4 is 34.7 Å². The largest absolute Gasteiger partial charge is 0.294 e. The number of rotatable bonds is 3. The van der Waals surface area contributed by atoms with Crippen molar-refractivity contribution in [1.29, 1.82) is 0 Å². The van der Waals surface area contributed by atoms with Gasteiger partial charge in [0.25, 0.3) is 5.69 Å². The minimum atomic E-state index is -0.479. The summed E-state index contributed by atoms with van der Waals surface area (Å²) in [6.45, 7) is 4.01. The van der Waals surface area contributed by atoms with Crippen LogP contribution in [0.2, 0.25) is 5.02 Å². The van der Waals surface area contributed by atoms with Crippen molar-refractivity contribution in [1.82, 2.24) is 0 Å². The van der Waals surface area contributed by atoms with Gasteiger partial charge in [0.2, 0.25) is 5.91 Å². The lowest BCUT2D eigenvalue weighted by molar-refractivity contribution is -0.384. The maximum Gasteiger partial charge on any atom is 0.269 e. The normalized spacial score (nSPS) is 20.9. The molecule has 1 aliphatic carbocycles. The third-order valence-electron chi connectivity index (χ3n) is 5.74. The van der Waals surface area contributed by atoms with Crippen LogP contribution in [0, 0.1) is 15.5 Å². The molecular formula is C23H21ClN2O4. The van der Waals surface area contributed by atoms with E-state index < -0.39 is 4.92 Å². The molecule has 0 aromatic heterocycles. The molecule has 0 saturated carbocycles. The van der Waals surface area contributed by atoms with Crippen LogP contribution >= 0.6 is 11.6 Å². The zero-order valence-electron chi connectivity index (χ0n) is 16.7. The third-order valence-corrected chi connectivity index (χ3v) is 6.09. The van der Waals surface area contributed by atoms with E-state index in [9.17, 15) is 19.7 Å². The molecule has 1 heterocycles. The summed E-state index contributed by atoms with van der Waals surface area (Å²) in [4.78, 5) is 38.6. The van der Waals surface area contributed by atoms with Crippen LogP contribution in [0.5, 0.6) is 0 Å². The van der Waals surface area contributed by atoms with Gasteiger partial charge < -0.3 is 0 Å². The maximum atomic E-state index is 13.3. The summed E-state index contributed by atoms with van der Waals surface area (Å²) in [6.07, 6.45) is 1.07. The predicted molar refractivity (Wildman–Crippen MR) is 114 cm³/mol. The molecule has 0 bridgehead atoms.